The molecule has 3 heteroatoms. The Balaban J connectivity index is 1.76. The van der Waals surface area contributed by atoms with Crippen LogP contribution in [0, 0.1) is 0 Å². The highest BCUT2D eigenvalue weighted by atomic mass is 32.2. The molecule has 0 aliphatic heterocycles. The lowest BCUT2D eigenvalue weighted by molar-refractivity contribution is 0.120. The fourth-order valence-corrected chi connectivity index (χ4v) is 3.17. The van der Waals surface area contributed by atoms with Gasteiger partial charge in [0.15, 0.2) is 0 Å². The topological polar surface area (TPSA) is 32.3 Å². The first-order valence-corrected chi connectivity index (χ1v) is 7.45. The molecule has 0 bridgehead atoms. The number of thioether (sulfide) groups is 1. The second-order valence-corrected chi connectivity index (χ2v) is 6.35. The third kappa shape index (κ3) is 3.11. The van der Waals surface area contributed by atoms with E-state index < -0.39 is 0 Å². The van der Waals surface area contributed by atoms with Crippen LogP contribution in [0.25, 0.3) is 0 Å². The van der Waals surface area contributed by atoms with E-state index in [1.54, 1.807) is 0 Å². The molecule has 2 unspecified atom stereocenters. The predicted octanol–water partition coefficient (Wildman–Crippen LogP) is 2.17. The first kappa shape index (κ1) is 11.7. The van der Waals surface area contributed by atoms with E-state index in [-0.39, 0.29) is 6.10 Å². The van der Waals surface area contributed by atoms with Gasteiger partial charge in [-0.1, -0.05) is 19.3 Å². The summed E-state index contributed by atoms with van der Waals surface area (Å²) < 4.78 is 0.520. The summed E-state index contributed by atoms with van der Waals surface area (Å²) in [6.07, 6.45) is 10.7. The zero-order valence-corrected chi connectivity index (χ0v) is 10.5. The third-order valence-electron chi connectivity index (χ3n) is 3.91. The normalized spacial score (nSPS) is 34.8. The standard InChI is InChI=1S/C12H23NOS/c1-15-12(7-8-12)9-13-10-5-3-2-4-6-11(10)14/h10-11,13-14H,2-9H2,1H3. The molecular weight excluding hydrogens is 206 g/mol. The lowest BCUT2D eigenvalue weighted by Gasteiger charge is -2.24. The Kier molecular flexibility index (Phi) is 3.97. The summed E-state index contributed by atoms with van der Waals surface area (Å²) in [7, 11) is 0. The smallest absolute Gasteiger partial charge is 0.0693 e. The molecule has 2 N–H and O–H groups in total. The molecule has 2 aliphatic rings. The predicted molar refractivity (Wildman–Crippen MR) is 66.4 cm³/mol. The Bertz CT molecular complexity index is 206. The molecule has 0 aromatic carbocycles. The fraction of sp³-hybridized carbons (Fsp3) is 1.00. The van der Waals surface area contributed by atoms with Crippen LogP contribution in [0.4, 0.5) is 0 Å². The van der Waals surface area contributed by atoms with Crippen LogP contribution < -0.4 is 5.32 Å². The first-order chi connectivity index (χ1) is 7.26. The Morgan fingerprint density at radius 3 is 2.67 bits per heavy atom. The van der Waals surface area contributed by atoms with Crippen molar-refractivity contribution in [2.75, 3.05) is 12.8 Å². The van der Waals surface area contributed by atoms with Crippen molar-refractivity contribution in [1.29, 1.82) is 0 Å². The summed E-state index contributed by atoms with van der Waals surface area (Å²) in [5, 5.41) is 13.6. The van der Waals surface area contributed by atoms with Crippen LogP contribution in [0.15, 0.2) is 0 Å². The van der Waals surface area contributed by atoms with Crippen molar-refractivity contribution in [2.24, 2.45) is 0 Å². The fourth-order valence-electron chi connectivity index (χ4n) is 2.44. The molecule has 2 fully saturated rings. The van der Waals surface area contributed by atoms with Crippen molar-refractivity contribution in [3.05, 3.63) is 0 Å². The van der Waals surface area contributed by atoms with E-state index in [9.17, 15) is 5.11 Å². The summed E-state index contributed by atoms with van der Waals surface area (Å²) in [6.45, 7) is 1.09. The van der Waals surface area contributed by atoms with Gasteiger partial charge in [-0.3, -0.25) is 0 Å². The van der Waals surface area contributed by atoms with E-state index in [0.29, 0.717) is 10.8 Å². The monoisotopic (exact) mass is 229 g/mol. The van der Waals surface area contributed by atoms with Crippen molar-refractivity contribution < 1.29 is 5.11 Å². The van der Waals surface area contributed by atoms with Crippen LogP contribution in [0.3, 0.4) is 0 Å². The van der Waals surface area contributed by atoms with Crippen molar-refractivity contribution in [3.63, 3.8) is 0 Å². The molecule has 2 aliphatic carbocycles. The molecule has 0 radical (unpaired) electrons. The summed E-state index contributed by atoms with van der Waals surface area (Å²) in [5.74, 6) is 0. The molecule has 0 aromatic heterocycles. The molecule has 0 spiro atoms. The summed E-state index contributed by atoms with van der Waals surface area (Å²) in [5.41, 5.74) is 0. The van der Waals surface area contributed by atoms with E-state index >= 15 is 0 Å². The highest BCUT2D eigenvalue weighted by Crippen LogP contribution is 2.46. The van der Waals surface area contributed by atoms with Crippen LogP contribution in [-0.4, -0.2) is 34.8 Å². The molecule has 2 atom stereocenters. The maximum Gasteiger partial charge on any atom is 0.0693 e. The highest BCUT2D eigenvalue weighted by molar-refractivity contribution is 8.00. The molecule has 0 aromatic rings. The van der Waals surface area contributed by atoms with Crippen molar-refractivity contribution in [1.82, 2.24) is 5.32 Å². The number of hydrogen-bond acceptors (Lipinski definition) is 3. The van der Waals surface area contributed by atoms with Gasteiger partial charge in [-0.05, 0) is 31.9 Å². The largest absolute Gasteiger partial charge is 0.392 e. The molecule has 2 rings (SSSR count). The second-order valence-electron chi connectivity index (χ2n) is 5.08. The van der Waals surface area contributed by atoms with Crippen LogP contribution in [0.2, 0.25) is 0 Å². The average Bonchev–Trinajstić information content (AvgIpc) is 3.02. The number of aliphatic hydroxyl groups excluding tert-OH is 1. The summed E-state index contributed by atoms with van der Waals surface area (Å²) in [6, 6.07) is 0.358. The van der Waals surface area contributed by atoms with Crippen LogP contribution in [-0.2, 0) is 0 Å². The minimum Gasteiger partial charge on any atom is -0.392 e. The Hall–Kier alpha value is 0.270. The highest BCUT2D eigenvalue weighted by Gasteiger charge is 2.42. The Labute approximate surface area is 97.2 Å². The van der Waals surface area contributed by atoms with Gasteiger partial charge in [0.05, 0.1) is 6.10 Å². The molecule has 0 amide bonds. The van der Waals surface area contributed by atoms with E-state index in [4.69, 9.17) is 0 Å². The lowest BCUT2D eigenvalue weighted by Crippen LogP contribution is -2.42. The van der Waals surface area contributed by atoms with Crippen molar-refractivity contribution >= 4 is 11.8 Å². The van der Waals surface area contributed by atoms with E-state index in [2.05, 4.69) is 11.6 Å². The van der Waals surface area contributed by atoms with Gasteiger partial charge in [0.2, 0.25) is 0 Å². The SMILES string of the molecule is CSC1(CNC2CCCCCC2O)CC1. The second kappa shape index (κ2) is 5.07. The van der Waals surface area contributed by atoms with Gasteiger partial charge >= 0.3 is 0 Å². The Morgan fingerprint density at radius 2 is 2.00 bits per heavy atom. The van der Waals surface area contributed by atoms with Crippen LogP contribution >= 0.6 is 11.8 Å². The van der Waals surface area contributed by atoms with Gasteiger partial charge < -0.3 is 10.4 Å². The van der Waals surface area contributed by atoms with Gasteiger partial charge in [0, 0.05) is 17.3 Å². The molecule has 88 valence electrons. The quantitative estimate of drug-likeness (QED) is 0.725. The minimum absolute atomic E-state index is 0.106. The third-order valence-corrected chi connectivity index (χ3v) is 5.33. The van der Waals surface area contributed by atoms with Crippen molar-refractivity contribution in [2.45, 2.75) is 61.8 Å². The Morgan fingerprint density at radius 1 is 1.27 bits per heavy atom. The van der Waals surface area contributed by atoms with Gasteiger partial charge in [-0.25, -0.2) is 0 Å². The van der Waals surface area contributed by atoms with Gasteiger partial charge in [0.1, 0.15) is 0 Å². The molecule has 0 saturated heterocycles. The summed E-state index contributed by atoms with van der Waals surface area (Å²) >= 11 is 1.99. The number of aliphatic hydroxyl groups is 1. The zero-order chi connectivity index (χ0) is 10.7. The maximum absolute atomic E-state index is 9.97. The van der Waals surface area contributed by atoms with Crippen LogP contribution in [0.5, 0.6) is 0 Å². The zero-order valence-electron chi connectivity index (χ0n) is 9.67. The van der Waals surface area contributed by atoms with E-state index in [0.717, 1.165) is 19.4 Å². The average molecular weight is 229 g/mol. The van der Waals surface area contributed by atoms with E-state index in [1.165, 1.54) is 32.1 Å². The molecule has 15 heavy (non-hydrogen) atoms. The lowest BCUT2D eigenvalue weighted by atomic mass is 10.1. The molecule has 2 nitrogen and oxygen atoms in total. The maximum atomic E-state index is 9.97. The summed E-state index contributed by atoms with van der Waals surface area (Å²) in [4.78, 5) is 0. The van der Waals surface area contributed by atoms with Gasteiger partial charge in [0.25, 0.3) is 0 Å². The number of nitrogens with one attached hydrogen (secondary N) is 1. The minimum atomic E-state index is -0.106. The van der Waals surface area contributed by atoms with Gasteiger partial charge in [-0.2, -0.15) is 11.8 Å². The van der Waals surface area contributed by atoms with Gasteiger partial charge in [-0.15, -0.1) is 0 Å². The molecular formula is C12H23NOS. The van der Waals surface area contributed by atoms with E-state index in [1.807, 2.05) is 11.8 Å². The first-order valence-electron chi connectivity index (χ1n) is 6.22. The molecule has 0 heterocycles. The molecule has 2 saturated carbocycles. The number of hydrogen-bond donors (Lipinski definition) is 2. The van der Waals surface area contributed by atoms with Crippen LogP contribution in [0.1, 0.15) is 44.9 Å². The van der Waals surface area contributed by atoms with Crippen molar-refractivity contribution in [3.8, 4) is 0 Å². The number of rotatable bonds is 4.